The quantitative estimate of drug-likeness (QED) is 0.757. The minimum atomic E-state index is 0.319. The maximum absolute atomic E-state index is 11.5. The van der Waals surface area contributed by atoms with Crippen LogP contribution in [0.15, 0.2) is 0 Å². The van der Waals surface area contributed by atoms with Gasteiger partial charge in [0, 0.05) is 38.2 Å². The van der Waals surface area contributed by atoms with Crippen LogP contribution in [0.2, 0.25) is 0 Å². The van der Waals surface area contributed by atoms with Crippen LogP contribution in [0.4, 0.5) is 0 Å². The minimum absolute atomic E-state index is 0.319. The molecule has 0 aromatic heterocycles. The zero-order chi connectivity index (χ0) is 12.3. The zero-order valence-electron chi connectivity index (χ0n) is 10.9. The zero-order valence-corrected chi connectivity index (χ0v) is 10.9. The summed E-state index contributed by atoms with van der Waals surface area (Å²) in [5.74, 6) is 0.319. The molecule has 1 unspecified atom stereocenters. The molecule has 0 radical (unpaired) electrons. The van der Waals surface area contributed by atoms with E-state index in [0.29, 0.717) is 24.1 Å². The molecule has 2 rings (SSSR count). The molecule has 1 N–H and O–H groups in total. The Kier molecular flexibility index (Phi) is 4.40. The van der Waals surface area contributed by atoms with Crippen molar-refractivity contribution in [1.29, 1.82) is 0 Å². The van der Waals surface area contributed by atoms with Gasteiger partial charge in [0.25, 0.3) is 0 Å². The lowest BCUT2D eigenvalue weighted by atomic mass is 9.88. The number of carbonyl (C=O) groups excluding carboxylic acids is 1. The third-order valence-corrected chi connectivity index (χ3v) is 3.68. The third-order valence-electron chi connectivity index (χ3n) is 3.68. The SMILES string of the molecule is CCOC1CC(NC(C)CN2CCCC2=O)C1. The highest BCUT2D eigenvalue weighted by atomic mass is 16.5. The van der Waals surface area contributed by atoms with E-state index in [1.807, 2.05) is 11.8 Å². The highest BCUT2D eigenvalue weighted by Crippen LogP contribution is 2.23. The van der Waals surface area contributed by atoms with Crippen molar-refractivity contribution in [2.24, 2.45) is 0 Å². The second-order valence-corrected chi connectivity index (χ2v) is 5.26. The Morgan fingerprint density at radius 1 is 1.53 bits per heavy atom. The lowest BCUT2D eigenvalue weighted by Crippen LogP contribution is -2.51. The number of rotatable bonds is 6. The van der Waals surface area contributed by atoms with E-state index < -0.39 is 0 Å². The summed E-state index contributed by atoms with van der Waals surface area (Å²) in [6.45, 7) is 6.82. The van der Waals surface area contributed by atoms with Crippen molar-refractivity contribution in [3.8, 4) is 0 Å². The number of nitrogens with zero attached hydrogens (tertiary/aromatic N) is 1. The molecule has 1 aliphatic carbocycles. The largest absolute Gasteiger partial charge is 0.378 e. The molecule has 2 aliphatic rings. The van der Waals surface area contributed by atoms with E-state index in [-0.39, 0.29) is 0 Å². The van der Waals surface area contributed by atoms with E-state index in [2.05, 4.69) is 12.2 Å². The van der Waals surface area contributed by atoms with E-state index in [1.54, 1.807) is 0 Å². The molecule has 2 fully saturated rings. The highest BCUT2D eigenvalue weighted by Gasteiger charge is 2.31. The molecule has 1 amide bonds. The van der Waals surface area contributed by atoms with E-state index >= 15 is 0 Å². The molecule has 98 valence electrons. The molecule has 1 atom stereocenters. The molecular formula is C13H24N2O2. The molecule has 1 heterocycles. The van der Waals surface area contributed by atoms with Gasteiger partial charge in [-0.2, -0.15) is 0 Å². The first-order valence-corrected chi connectivity index (χ1v) is 6.84. The standard InChI is InChI=1S/C13H24N2O2/c1-3-17-12-7-11(8-12)14-10(2)9-15-6-4-5-13(15)16/h10-12,14H,3-9H2,1-2H3. The smallest absolute Gasteiger partial charge is 0.222 e. The van der Waals surface area contributed by atoms with E-state index in [1.165, 1.54) is 0 Å². The second-order valence-electron chi connectivity index (χ2n) is 5.26. The molecule has 0 spiro atoms. The van der Waals surface area contributed by atoms with Gasteiger partial charge in [0.2, 0.25) is 5.91 Å². The van der Waals surface area contributed by atoms with Crippen LogP contribution in [-0.4, -0.2) is 48.7 Å². The van der Waals surface area contributed by atoms with Crippen LogP contribution in [0.25, 0.3) is 0 Å². The predicted molar refractivity (Wildman–Crippen MR) is 66.8 cm³/mol. The average molecular weight is 240 g/mol. The number of hydrogen-bond acceptors (Lipinski definition) is 3. The first kappa shape index (κ1) is 12.8. The summed E-state index contributed by atoms with van der Waals surface area (Å²) in [4.78, 5) is 13.5. The fourth-order valence-corrected chi connectivity index (χ4v) is 2.76. The summed E-state index contributed by atoms with van der Waals surface area (Å²) in [7, 11) is 0. The monoisotopic (exact) mass is 240 g/mol. The molecule has 4 heteroatoms. The normalized spacial score (nSPS) is 30.5. The summed E-state index contributed by atoms with van der Waals surface area (Å²) in [5.41, 5.74) is 0. The lowest BCUT2D eigenvalue weighted by molar-refractivity contribution is -0.128. The highest BCUT2D eigenvalue weighted by molar-refractivity contribution is 5.78. The van der Waals surface area contributed by atoms with Crippen molar-refractivity contribution in [3.05, 3.63) is 0 Å². The topological polar surface area (TPSA) is 41.6 Å². The molecule has 1 aliphatic heterocycles. The molecule has 17 heavy (non-hydrogen) atoms. The van der Waals surface area contributed by atoms with Crippen LogP contribution in [0.3, 0.4) is 0 Å². The number of ether oxygens (including phenoxy) is 1. The van der Waals surface area contributed by atoms with E-state index in [9.17, 15) is 4.79 Å². The Balaban J connectivity index is 1.62. The number of hydrogen-bond donors (Lipinski definition) is 1. The van der Waals surface area contributed by atoms with Crippen molar-refractivity contribution >= 4 is 5.91 Å². The van der Waals surface area contributed by atoms with Gasteiger partial charge in [0.05, 0.1) is 6.10 Å². The Labute approximate surface area is 104 Å². The fraction of sp³-hybridized carbons (Fsp3) is 0.923. The van der Waals surface area contributed by atoms with E-state index in [0.717, 1.165) is 45.4 Å². The van der Waals surface area contributed by atoms with Crippen LogP contribution in [0.1, 0.15) is 39.5 Å². The molecule has 1 saturated heterocycles. The molecule has 1 saturated carbocycles. The van der Waals surface area contributed by atoms with Crippen molar-refractivity contribution in [2.45, 2.75) is 57.7 Å². The molecule has 0 aromatic carbocycles. The summed E-state index contributed by atoms with van der Waals surface area (Å²) in [6.07, 6.45) is 4.46. The summed E-state index contributed by atoms with van der Waals surface area (Å²) < 4.78 is 5.54. The van der Waals surface area contributed by atoms with Gasteiger partial charge in [-0.05, 0) is 33.1 Å². The maximum Gasteiger partial charge on any atom is 0.222 e. The Morgan fingerprint density at radius 3 is 2.88 bits per heavy atom. The van der Waals surface area contributed by atoms with Crippen molar-refractivity contribution in [2.75, 3.05) is 19.7 Å². The van der Waals surface area contributed by atoms with Crippen molar-refractivity contribution in [3.63, 3.8) is 0 Å². The first-order chi connectivity index (χ1) is 8.19. The molecule has 4 nitrogen and oxygen atoms in total. The third kappa shape index (κ3) is 3.42. The molecular weight excluding hydrogens is 216 g/mol. The Bertz CT molecular complexity index is 264. The maximum atomic E-state index is 11.5. The van der Waals surface area contributed by atoms with Crippen LogP contribution in [-0.2, 0) is 9.53 Å². The number of likely N-dealkylation sites (tertiary alicyclic amines) is 1. The number of amides is 1. The van der Waals surface area contributed by atoms with Gasteiger partial charge in [-0.15, -0.1) is 0 Å². The summed E-state index contributed by atoms with van der Waals surface area (Å²) >= 11 is 0. The van der Waals surface area contributed by atoms with Gasteiger partial charge in [0.15, 0.2) is 0 Å². The summed E-state index contributed by atoms with van der Waals surface area (Å²) in [5, 5.41) is 3.58. The Hall–Kier alpha value is -0.610. The van der Waals surface area contributed by atoms with Gasteiger partial charge in [-0.3, -0.25) is 4.79 Å². The average Bonchev–Trinajstić information content (AvgIpc) is 2.61. The van der Waals surface area contributed by atoms with Crippen LogP contribution >= 0.6 is 0 Å². The van der Waals surface area contributed by atoms with Crippen LogP contribution in [0.5, 0.6) is 0 Å². The minimum Gasteiger partial charge on any atom is -0.378 e. The van der Waals surface area contributed by atoms with Gasteiger partial charge < -0.3 is 15.0 Å². The van der Waals surface area contributed by atoms with Crippen LogP contribution in [0, 0.1) is 0 Å². The van der Waals surface area contributed by atoms with Crippen LogP contribution < -0.4 is 5.32 Å². The van der Waals surface area contributed by atoms with Gasteiger partial charge in [-0.25, -0.2) is 0 Å². The molecule has 0 aromatic rings. The lowest BCUT2D eigenvalue weighted by Gasteiger charge is -2.38. The van der Waals surface area contributed by atoms with Gasteiger partial charge in [0.1, 0.15) is 0 Å². The van der Waals surface area contributed by atoms with Gasteiger partial charge in [-0.1, -0.05) is 0 Å². The second kappa shape index (κ2) is 5.83. The van der Waals surface area contributed by atoms with E-state index in [4.69, 9.17) is 4.74 Å². The number of nitrogens with one attached hydrogen (secondary N) is 1. The first-order valence-electron chi connectivity index (χ1n) is 6.84. The Morgan fingerprint density at radius 2 is 2.29 bits per heavy atom. The summed E-state index contributed by atoms with van der Waals surface area (Å²) in [6, 6.07) is 0.976. The number of carbonyl (C=O) groups is 1. The van der Waals surface area contributed by atoms with Crippen molar-refractivity contribution in [1.82, 2.24) is 10.2 Å². The predicted octanol–water partition coefficient (Wildman–Crippen LogP) is 1.15. The van der Waals surface area contributed by atoms with Gasteiger partial charge >= 0.3 is 0 Å². The molecule has 0 bridgehead atoms. The fourth-order valence-electron chi connectivity index (χ4n) is 2.76. The van der Waals surface area contributed by atoms with Crippen molar-refractivity contribution < 1.29 is 9.53 Å².